The molecule has 0 aliphatic heterocycles. The van der Waals surface area contributed by atoms with E-state index in [4.69, 9.17) is 9.63 Å². The Morgan fingerprint density at radius 1 is 1.60 bits per heavy atom. The molecule has 0 radical (unpaired) electrons. The molecule has 0 saturated carbocycles. The predicted octanol–water partition coefficient (Wildman–Crippen LogP) is 0.586. The number of hydrogen-bond donors (Lipinski definition) is 2. The summed E-state index contributed by atoms with van der Waals surface area (Å²) >= 11 is 0. The third-order valence-electron chi connectivity index (χ3n) is 1.84. The monoisotopic (exact) mass is 213 g/mol. The van der Waals surface area contributed by atoms with Crippen LogP contribution < -0.4 is 5.32 Å². The summed E-state index contributed by atoms with van der Waals surface area (Å²) in [5.41, 5.74) is 0. The Morgan fingerprint density at radius 3 is 3.00 bits per heavy atom. The van der Waals surface area contributed by atoms with Crippen molar-refractivity contribution in [2.24, 2.45) is 0 Å². The Morgan fingerprint density at radius 2 is 2.40 bits per heavy atom. The summed E-state index contributed by atoms with van der Waals surface area (Å²) in [7, 11) is 0. The summed E-state index contributed by atoms with van der Waals surface area (Å²) in [5, 5.41) is 15.2. The highest BCUT2D eigenvalue weighted by molar-refractivity contribution is 5.66. The molecule has 1 heterocycles. The predicted molar refractivity (Wildman–Crippen MR) is 52.3 cm³/mol. The first-order valence-electron chi connectivity index (χ1n) is 4.96. The first-order chi connectivity index (χ1) is 7.22. The van der Waals surface area contributed by atoms with Crippen LogP contribution in [0.5, 0.6) is 0 Å². The molecule has 0 spiro atoms. The van der Waals surface area contributed by atoms with Crippen molar-refractivity contribution in [3.8, 4) is 0 Å². The van der Waals surface area contributed by atoms with E-state index in [1.165, 1.54) is 0 Å². The van der Waals surface area contributed by atoms with Crippen LogP contribution in [0.2, 0.25) is 0 Å². The van der Waals surface area contributed by atoms with Crippen LogP contribution in [0.15, 0.2) is 4.52 Å². The van der Waals surface area contributed by atoms with Crippen LogP contribution in [0.25, 0.3) is 0 Å². The van der Waals surface area contributed by atoms with Crippen molar-refractivity contribution in [3.05, 3.63) is 11.7 Å². The molecule has 6 nitrogen and oxygen atoms in total. The topological polar surface area (TPSA) is 88.2 Å². The first-order valence-corrected chi connectivity index (χ1v) is 4.96. The summed E-state index contributed by atoms with van der Waals surface area (Å²) in [6.07, 6.45) is 1.51. The van der Waals surface area contributed by atoms with E-state index >= 15 is 0 Å². The highest BCUT2D eigenvalue weighted by Gasteiger charge is 2.03. The number of aryl methyl sites for hydroxylation is 1. The Balaban J connectivity index is 2.12. The lowest BCUT2D eigenvalue weighted by Gasteiger charge is -1.98. The number of nitrogens with zero attached hydrogens (tertiary/aromatic N) is 2. The summed E-state index contributed by atoms with van der Waals surface area (Å²) in [6.45, 7) is 3.10. The average Bonchev–Trinajstić information content (AvgIpc) is 2.65. The maximum Gasteiger partial charge on any atom is 0.303 e. The molecule has 0 aromatic carbocycles. The van der Waals surface area contributed by atoms with Gasteiger partial charge in [-0.3, -0.25) is 4.79 Å². The maximum absolute atomic E-state index is 10.2. The number of rotatable bonds is 7. The minimum Gasteiger partial charge on any atom is -0.481 e. The molecule has 0 amide bonds. The number of nitrogens with one attached hydrogen (secondary N) is 1. The van der Waals surface area contributed by atoms with Gasteiger partial charge in [-0.1, -0.05) is 12.1 Å². The number of carboxylic acids is 1. The molecule has 2 N–H and O–H groups in total. The lowest BCUT2D eigenvalue weighted by molar-refractivity contribution is -0.137. The Kier molecular flexibility index (Phi) is 4.76. The van der Waals surface area contributed by atoms with Crippen molar-refractivity contribution in [2.45, 2.75) is 32.7 Å². The van der Waals surface area contributed by atoms with E-state index in [9.17, 15) is 4.79 Å². The fourth-order valence-electron chi connectivity index (χ4n) is 1.07. The average molecular weight is 213 g/mol. The molecule has 1 rings (SSSR count). The molecule has 0 fully saturated rings. The van der Waals surface area contributed by atoms with E-state index < -0.39 is 5.97 Å². The molecule has 0 saturated heterocycles. The second kappa shape index (κ2) is 6.13. The quantitative estimate of drug-likeness (QED) is 0.644. The SMILES string of the molecule is CCc1nc(CNCCCC(=O)O)no1. The van der Waals surface area contributed by atoms with Crippen molar-refractivity contribution in [3.63, 3.8) is 0 Å². The summed E-state index contributed by atoms with van der Waals surface area (Å²) in [5.74, 6) is 0.462. The third kappa shape index (κ3) is 4.55. The van der Waals surface area contributed by atoms with Crippen molar-refractivity contribution < 1.29 is 14.4 Å². The number of aromatic nitrogens is 2. The van der Waals surface area contributed by atoms with Crippen LogP contribution in [-0.4, -0.2) is 27.8 Å². The summed E-state index contributed by atoms with van der Waals surface area (Å²) < 4.78 is 4.91. The van der Waals surface area contributed by atoms with Crippen molar-refractivity contribution >= 4 is 5.97 Å². The Labute approximate surface area is 87.7 Å². The number of aliphatic carboxylic acids is 1. The summed E-state index contributed by atoms with van der Waals surface area (Å²) in [4.78, 5) is 14.3. The van der Waals surface area contributed by atoms with Crippen LogP contribution in [0, 0.1) is 0 Å². The fourth-order valence-corrected chi connectivity index (χ4v) is 1.07. The van der Waals surface area contributed by atoms with Gasteiger partial charge in [-0.25, -0.2) is 0 Å². The largest absolute Gasteiger partial charge is 0.481 e. The first kappa shape index (κ1) is 11.6. The fraction of sp³-hybridized carbons (Fsp3) is 0.667. The molecule has 1 aromatic rings. The molecule has 15 heavy (non-hydrogen) atoms. The van der Waals surface area contributed by atoms with E-state index in [1.807, 2.05) is 6.92 Å². The highest BCUT2D eigenvalue weighted by atomic mass is 16.5. The molecule has 0 unspecified atom stereocenters. The molecule has 84 valence electrons. The van der Waals surface area contributed by atoms with Crippen LogP contribution >= 0.6 is 0 Å². The van der Waals surface area contributed by atoms with E-state index in [1.54, 1.807) is 0 Å². The van der Waals surface area contributed by atoms with E-state index in [0.29, 0.717) is 31.2 Å². The Bertz CT molecular complexity index is 311. The third-order valence-corrected chi connectivity index (χ3v) is 1.84. The van der Waals surface area contributed by atoms with E-state index in [-0.39, 0.29) is 6.42 Å². The smallest absolute Gasteiger partial charge is 0.303 e. The molecule has 0 bridgehead atoms. The van der Waals surface area contributed by atoms with Crippen LogP contribution in [0.4, 0.5) is 0 Å². The summed E-state index contributed by atoms with van der Waals surface area (Å²) in [6, 6.07) is 0. The highest BCUT2D eigenvalue weighted by Crippen LogP contribution is 1.97. The van der Waals surface area contributed by atoms with E-state index in [2.05, 4.69) is 15.5 Å². The lowest BCUT2D eigenvalue weighted by Crippen LogP contribution is -2.16. The molecule has 0 atom stereocenters. The molecule has 0 aliphatic rings. The second-order valence-electron chi connectivity index (χ2n) is 3.13. The lowest BCUT2D eigenvalue weighted by atomic mass is 10.3. The van der Waals surface area contributed by atoms with Gasteiger partial charge in [0.15, 0.2) is 5.82 Å². The van der Waals surface area contributed by atoms with Gasteiger partial charge in [0, 0.05) is 12.8 Å². The van der Waals surface area contributed by atoms with Crippen molar-refractivity contribution in [1.29, 1.82) is 0 Å². The molecule has 1 aromatic heterocycles. The number of carbonyl (C=O) groups is 1. The van der Waals surface area contributed by atoms with Crippen molar-refractivity contribution in [2.75, 3.05) is 6.54 Å². The van der Waals surface area contributed by atoms with Gasteiger partial charge in [-0.05, 0) is 13.0 Å². The molecular formula is C9H15N3O3. The van der Waals surface area contributed by atoms with Gasteiger partial charge >= 0.3 is 5.97 Å². The van der Waals surface area contributed by atoms with Gasteiger partial charge in [-0.15, -0.1) is 0 Å². The number of carboxylic acid groups (broad SMARTS) is 1. The van der Waals surface area contributed by atoms with E-state index in [0.717, 1.165) is 6.42 Å². The second-order valence-corrected chi connectivity index (χ2v) is 3.13. The zero-order chi connectivity index (χ0) is 11.1. The van der Waals surface area contributed by atoms with Gasteiger partial charge < -0.3 is 14.9 Å². The zero-order valence-corrected chi connectivity index (χ0v) is 8.69. The maximum atomic E-state index is 10.2. The zero-order valence-electron chi connectivity index (χ0n) is 8.69. The normalized spacial score (nSPS) is 10.5. The van der Waals surface area contributed by atoms with Gasteiger partial charge in [0.05, 0.1) is 6.54 Å². The molecule has 6 heteroatoms. The van der Waals surface area contributed by atoms with Crippen molar-refractivity contribution in [1.82, 2.24) is 15.5 Å². The van der Waals surface area contributed by atoms with Gasteiger partial charge in [0.2, 0.25) is 5.89 Å². The molecule has 0 aliphatic carbocycles. The standard InChI is InChI=1S/C9H15N3O3/c1-2-8-11-7(12-15-8)6-10-5-3-4-9(13)14/h10H,2-6H2,1H3,(H,13,14). The Hall–Kier alpha value is -1.43. The van der Waals surface area contributed by atoms with Gasteiger partial charge in [0.25, 0.3) is 0 Å². The van der Waals surface area contributed by atoms with Gasteiger partial charge in [-0.2, -0.15) is 4.98 Å². The van der Waals surface area contributed by atoms with Gasteiger partial charge in [0.1, 0.15) is 0 Å². The molecular weight excluding hydrogens is 198 g/mol. The van der Waals surface area contributed by atoms with Crippen LogP contribution in [-0.2, 0) is 17.8 Å². The minimum atomic E-state index is -0.773. The minimum absolute atomic E-state index is 0.180. The van der Waals surface area contributed by atoms with Crippen LogP contribution in [0.3, 0.4) is 0 Å². The number of hydrogen-bond acceptors (Lipinski definition) is 5. The van der Waals surface area contributed by atoms with Crippen LogP contribution in [0.1, 0.15) is 31.5 Å².